The lowest BCUT2D eigenvalue weighted by molar-refractivity contribution is 0.620. The zero-order chi connectivity index (χ0) is 29.7. The van der Waals surface area contributed by atoms with Crippen molar-refractivity contribution in [2.75, 3.05) is 4.90 Å². The van der Waals surface area contributed by atoms with Crippen molar-refractivity contribution in [2.45, 2.75) is 0 Å². The third kappa shape index (κ3) is 4.46. The Morgan fingerprint density at radius 2 is 1.16 bits per heavy atom. The monoisotopic (exact) mass is 594 g/mol. The largest absolute Gasteiger partial charge is 0.436 e. The summed E-state index contributed by atoms with van der Waals surface area (Å²) in [5.74, 6) is 0.645. The van der Waals surface area contributed by atoms with Gasteiger partial charge in [0.15, 0.2) is 5.58 Å². The van der Waals surface area contributed by atoms with E-state index in [1.807, 2.05) is 47.7 Å². The molecule has 9 rings (SSSR count). The summed E-state index contributed by atoms with van der Waals surface area (Å²) in [4.78, 5) is 7.20. The van der Waals surface area contributed by atoms with Crippen molar-refractivity contribution in [3.63, 3.8) is 0 Å². The summed E-state index contributed by atoms with van der Waals surface area (Å²) in [6, 6.07) is 55.7. The maximum Gasteiger partial charge on any atom is 0.227 e. The summed E-state index contributed by atoms with van der Waals surface area (Å²) in [6.45, 7) is 0. The minimum atomic E-state index is 0.645. The predicted molar refractivity (Wildman–Crippen MR) is 190 cm³/mol. The van der Waals surface area contributed by atoms with E-state index in [2.05, 4.69) is 126 Å². The number of aromatic nitrogens is 1. The maximum absolute atomic E-state index is 6.11. The van der Waals surface area contributed by atoms with Crippen molar-refractivity contribution in [3.8, 4) is 22.6 Å². The van der Waals surface area contributed by atoms with Crippen molar-refractivity contribution >= 4 is 70.4 Å². The lowest BCUT2D eigenvalue weighted by atomic mass is 10.00. The van der Waals surface area contributed by atoms with Crippen LogP contribution in [0.3, 0.4) is 0 Å². The molecule has 0 fully saturated rings. The Labute approximate surface area is 264 Å². The average molecular weight is 595 g/mol. The molecule has 9 aromatic rings. The van der Waals surface area contributed by atoms with E-state index < -0.39 is 0 Å². The number of oxazole rings is 1. The van der Waals surface area contributed by atoms with Crippen LogP contribution < -0.4 is 4.90 Å². The number of hydrogen-bond donors (Lipinski definition) is 0. The quantitative estimate of drug-likeness (QED) is 0.198. The molecule has 2 heterocycles. The second-order valence-corrected chi connectivity index (χ2v) is 12.3. The third-order valence-corrected chi connectivity index (χ3v) is 9.64. The molecule has 2 aromatic heterocycles. The zero-order valence-electron chi connectivity index (χ0n) is 24.2. The highest BCUT2D eigenvalue weighted by molar-refractivity contribution is 7.25. The fourth-order valence-corrected chi connectivity index (χ4v) is 7.37. The second kappa shape index (κ2) is 10.5. The first kappa shape index (κ1) is 25.8. The van der Waals surface area contributed by atoms with Crippen molar-refractivity contribution in [2.24, 2.45) is 0 Å². The molecule has 0 saturated carbocycles. The number of rotatable bonds is 5. The van der Waals surface area contributed by atoms with Gasteiger partial charge in [0, 0.05) is 48.2 Å². The lowest BCUT2D eigenvalue weighted by Crippen LogP contribution is -2.09. The predicted octanol–water partition coefficient (Wildman–Crippen LogP) is 12.2. The van der Waals surface area contributed by atoms with E-state index in [0.29, 0.717) is 5.89 Å². The van der Waals surface area contributed by atoms with Gasteiger partial charge in [-0.25, -0.2) is 4.98 Å². The molecule has 0 radical (unpaired) electrons. The molecule has 0 unspecified atom stereocenters. The SMILES string of the molecule is c1ccc(-c2nc3c(ccc4cc(-c5ccc(N(c6ccccc6)c6ccc7sc8ccccc8c7c6)cc5)ccc43)o2)cc1. The van der Waals surface area contributed by atoms with Crippen LogP contribution in [0, 0.1) is 0 Å². The number of thiophene rings is 1. The first-order chi connectivity index (χ1) is 22.3. The summed E-state index contributed by atoms with van der Waals surface area (Å²) in [7, 11) is 0. The van der Waals surface area contributed by atoms with Gasteiger partial charge in [0.05, 0.1) is 0 Å². The second-order valence-electron chi connectivity index (χ2n) is 11.2. The molecule has 0 saturated heterocycles. The number of anilines is 3. The summed E-state index contributed by atoms with van der Waals surface area (Å²) in [5.41, 5.74) is 8.38. The van der Waals surface area contributed by atoms with E-state index in [1.54, 1.807) is 0 Å². The van der Waals surface area contributed by atoms with Crippen molar-refractivity contribution in [1.29, 1.82) is 0 Å². The Hall–Kier alpha value is -5.71. The average Bonchev–Trinajstić information content (AvgIpc) is 3.71. The van der Waals surface area contributed by atoms with E-state index in [-0.39, 0.29) is 0 Å². The smallest absolute Gasteiger partial charge is 0.227 e. The third-order valence-electron chi connectivity index (χ3n) is 8.49. The van der Waals surface area contributed by atoms with Gasteiger partial charge in [0.1, 0.15) is 5.52 Å². The number of fused-ring (bicyclic) bond motifs is 6. The van der Waals surface area contributed by atoms with Gasteiger partial charge in [0.2, 0.25) is 5.89 Å². The molecule has 0 spiro atoms. The van der Waals surface area contributed by atoms with Gasteiger partial charge < -0.3 is 9.32 Å². The van der Waals surface area contributed by atoms with Crippen LogP contribution in [0.4, 0.5) is 17.1 Å². The fourth-order valence-electron chi connectivity index (χ4n) is 6.28. The van der Waals surface area contributed by atoms with Crippen LogP contribution in [-0.4, -0.2) is 4.98 Å². The minimum Gasteiger partial charge on any atom is -0.436 e. The van der Waals surface area contributed by atoms with Crippen molar-refractivity contribution in [1.82, 2.24) is 4.98 Å². The minimum absolute atomic E-state index is 0.645. The standard InChI is InChI=1S/C41H26N2OS/c1-3-9-28(10-4-1)41-42-40-34-22-17-29(25-30(34)18-23-37(40)44-41)27-15-19-32(20-16-27)43(31-11-5-2-6-12-31)33-21-24-39-36(26-33)35-13-7-8-14-38(35)45-39/h1-26H. The van der Waals surface area contributed by atoms with Gasteiger partial charge in [-0.05, 0) is 89.3 Å². The molecule has 4 heteroatoms. The molecule has 7 aromatic carbocycles. The maximum atomic E-state index is 6.11. The summed E-state index contributed by atoms with van der Waals surface area (Å²) in [5, 5.41) is 4.82. The molecule has 0 aliphatic rings. The van der Waals surface area contributed by atoms with Crippen LogP contribution in [0.15, 0.2) is 162 Å². The number of benzene rings is 7. The van der Waals surface area contributed by atoms with E-state index >= 15 is 0 Å². The van der Waals surface area contributed by atoms with Gasteiger partial charge in [-0.2, -0.15) is 0 Å². The highest BCUT2D eigenvalue weighted by Crippen LogP contribution is 2.41. The Morgan fingerprint density at radius 3 is 2.00 bits per heavy atom. The van der Waals surface area contributed by atoms with Crippen LogP contribution in [0.1, 0.15) is 0 Å². The van der Waals surface area contributed by atoms with E-state index in [1.165, 1.54) is 20.2 Å². The Morgan fingerprint density at radius 1 is 0.467 bits per heavy atom. The Bertz CT molecular complexity index is 2480. The normalized spacial score (nSPS) is 11.6. The number of para-hydroxylation sites is 1. The molecule has 0 aliphatic carbocycles. The van der Waals surface area contributed by atoms with Gasteiger partial charge in [-0.3, -0.25) is 0 Å². The molecule has 0 bridgehead atoms. The molecule has 45 heavy (non-hydrogen) atoms. The fraction of sp³-hybridized carbons (Fsp3) is 0. The first-order valence-corrected chi connectivity index (χ1v) is 15.9. The lowest BCUT2D eigenvalue weighted by Gasteiger charge is -2.26. The first-order valence-electron chi connectivity index (χ1n) is 15.0. The van der Waals surface area contributed by atoms with E-state index in [0.717, 1.165) is 55.6 Å². The van der Waals surface area contributed by atoms with Gasteiger partial charge >= 0.3 is 0 Å². The molecule has 3 nitrogen and oxygen atoms in total. The van der Waals surface area contributed by atoms with Gasteiger partial charge in [-0.1, -0.05) is 84.9 Å². The van der Waals surface area contributed by atoms with E-state index in [9.17, 15) is 0 Å². The van der Waals surface area contributed by atoms with Crippen LogP contribution in [0.5, 0.6) is 0 Å². The van der Waals surface area contributed by atoms with Crippen LogP contribution >= 0.6 is 11.3 Å². The molecular formula is C41H26N2OS. The van der Waals surface area contributed by atoms with Crippen molar-refractivity contribution in [3.05, 3.63) is 158 Å². The molecule has 0 aliphatic heterocycles. The molecule has 212 valence electrons. The molecular weight excluding hydrogens is 569 g/mol. The van der Waals surface area contributed by atoms with Gasteiger partial charge in [0.25, 0.3) is 0 Å². The van der Waals surface area contributed by atoms with Crippen LogP contribution in [0.2, 0.25) is 0 Å². The van der Waals surface area contributed by atoms with Crippen molar-refractivity contribution < 1.29 is 4.42 Å². The summed E-state index contributed by atoms with van der Waals surface area (Å²) >= 11 is 1.85. The number of hydrogen-bond acceptors (Lipinski definition) is 4. The molecule has 0 atom stereocenters. The molecule has 0 amide bonds. The highest BCUT2D eigenvalue weighted by Gasteiger charge is 2.16. The Kier molecular flexibility index (Phi) is 6.00. The van der Waals surface area contributed by atoms with Crippen LogP contribution in [0.25, 0.3) is 64.6 Å². The Balaban J connectivity index is 1.09. The zero-order valence-corrected chi connectivity index (χ0v) is 25.0. The number of nitrogens with zero attached hydrogens (tertiary/aromatic N) is 2. The van der Waals surface area contributed by atoms with Gasteiger partial charge in [-0.15, -0.1) is 11.3 Å². The van der Waals surface area contributed by atoms with Crippen LogP contribution in [-0.2, 0) is 0 Å². The topological polar surface area (TPSA) is 29.3 Å². The molecule has 0 N–H and O–H groups in total. The summed E-state index contributed by atoms with van der Waals surface area (Å²) < 4.78 is 8.73. The highest BCUT2D eigenvalue weighted by atomic mass is 32.1. The van der Waals surface area contributed by atoms with E-state index in [4.69, 9.17) is 9.40 Å². The summed E-state index contributed by atoms with van der Waals surface area (Å²) in [6.07, 6.45) is 0.